The summed E-state index contributed by atoms with van der Waals surface area (Å²) in [5, 5.41) is 8.41. The molecule has 1 heterocycles. The Hall–Kier alpha value is -2.24. The van der Waals surface area contributed by atoms with Gasteiger partial charge in [-0.1, -0.05) is 0 Å². The number of hydrogen-bond acceptors (Lipinski definition) is 5. The minimum absolute atomic E-state index is 0.145. The predicted molar refractivity (Wildman–Crippen MR) is 55.1 cm³/mol. The Morgan fingerprint density at radius 3 is 2.76 bits per heavy atom. The highest BCUT2D eigenvalue weighted by Crippen LogP contribution is 2.35. The molecule has 0 radical (unpaired) electrons. The second kappa shape index (κ2) is 4.73. The monoisotopic (exact) mass is 238 g/mol. The minimum atomic E-state index is -1.03. The van der Waals surface area contributed by atoms with E-state index in [1.54, 1.807) is 12.1 Å². The molecular formula is C11H10O6. The van der Waals surface area contributed by atoms with Crippen molar-refractivity contribution in [3.05, 3.63) is 18.2 Å². The number of carboxylic acid groups (broad SMARTS) is 1. The van der Waals surface area contributed by atoms with Crippen LogP contribution in [0.25, 0.3) is 0 Å². The van der Waals surface area contributed by atoms with Crippen molar-refractivity contribution in [1.29, 1.82) is 0 Å². The summed E-state index contributed by atoms with van der Waals surface area (Å²) in [5.74, 6) is -0.215. The summed E-state index contributed by atoms with van der Waals surface area (Å²) in [6.45, 7) is 0.145. The van der Waals surface area contributed by atoms with Gasteiger partial charge < -0.3 is 19.3 Å². The number of carboxylic acids is 1. The molecule has 0 amide bonds. The highest BCUT2D eigenvalue weighted by atomic mass is 16.7. The zero-order valence-corrected chi connectivity index (χ0v) is 8.84. The highest BCUT2D eigenvalue weighted by molar-refractivity contribution is 5.78. The lowest BCUT2D eigenvalue weighted by Crippen LogP contribution is -2.10. The average molecular weight is 238 g/mol. The van der Waals surface area contributed by atoms with Crippen molar-refractivity contribution in [1.82, 2.24) is 0 Å². The molecule has 1 aromatic rings. The number of fused-ring (bicyclic) bond motifs is 1. The number of esters is 1. The molecule has 17 heavy (non-hydrogen) atoms. The Labute approximate surface area is 96.7 Å². The molecule has 90 valence electrons. The van der Waals surface area contributed by atoms with E-state index >= 15 is 0 Å². The van der Waals surface area contributed by atoms with Crippen molar-refractivity contribution in [2.45, 2.75) is 12.8 Å². The van der Waals surface area contributed by atoms with E-state index in [1.807, 2.05) is 0 Å². The van der Waals surface area contributed by atoms with Crippen LogP contribution < -0.4 is 14.2 Å². The maximum atomic E-state index is 11.3. The van der Waals surface area contributed by atoms with Crippen molar-refractivity contribution in [2.75, 3.05) is 6.79 Å². The number of rotatable bonds is 4. The molecule has 1 aliphatic rings. The lowest BCUT2D eigenvalue weighted by molar-refractivity contribution is -0.142. The Bertz CT molecular complexity index is 453. The van der Waals surface area contributed by atoms with E-state index in [0.29, 0.717) is 17.2 Å². The molecule has 0 fully saturated rings. The Morgan fingerprint density at radius 1 is 1.24 bits per heavy atom. The van der Waals surface area contributed by atoms with Crippen LogP contribution in [0.5, 0.6) is 17.2 Å². The second-order valence-corrected chi connectivity index (χ2v) is 3.38. The van der Waals surface area contributed by atoms with Gasteiger partial charge in [0.15, 0.2) is 11.5 Å². The third-order valence-electron chi connectivity index (χ3n) is 2.12. The predicted octanol–water partition coefficient (Wildman–Crippen LogP) is 1.19. The molecule has 0 aliphatic carbocycles. The lowest BCUT2D eigenvalue weighted by atomic mass is 10.3. The Morgan fingerprint density at radius 2 is 2.00 bits per heavy atom. The molecule has 0 saturated carbocycles. The standard InChI is InChI=1S/C11H10O6/c12-10(13)3-4-11(14)17-7-1-2-8-9(5-7)16-6-15-8/h1-2,5H,3-4,6H2,(H,12,13). The van der Waals surface area contributed by atoms with E-state index in [1.165, 1.54) is 6.07 Å². The summed E-state index contributed by atoms with van der Waals surface area (Å²) in [6.07, 6.45) is -0.410. The van der Waals surface area contributed by atoms with Crippen molar-refractivity contribution < 1.29 is 28.9 Å². The molecule has 0 bridgehead atoms. The topological polar surface area (TPSA) is 82.1 Å². The first-order chi connectivity index (χ1) is 8.15. The number of ether oxygens (including phenoxy) is 3. The molecule has 0 spiro atoms. The van der Waals surface area contributed by atoms with Crippen molar-refractivity contribution >= 4 is 11.9 Å². The highest BCUT2D eigenvalue weighted by Gasteiger charge is 2.15. The van der Waals surface area contributed by atoms with Gasteiger partial charge in [0, 0.05) is 6.07 Å². The molecule has 1 aromatic carbocycles. The van der Waals surface area contributed by atoms with Gasteiger partial charge in [0.05, 0.1) is 12.8 Å². The van der Waals surface area contributed by atoms with Gasteiger partial charge in [-0.25, -0.2) is 0 Å². The maximum Gasteiger partial charge on any atom is 0.311 e. The van der Waals surface area contributed by atoms with Crippen LogP contribution in [0, 0.1) is 0 Å². The van der Waals surface area contributed by atoms with Crippen LogP contribution in [-0.4, -0.2) is 23.8 Å². The van der Waals surface area contributed by atoms with Crippen LogP contribution in [0.3, 0.4) is 0 Å². The van der Waals surface area contributed by atoms with E-state index in [-0.39, 0.29) is 19.6 Å². The van der Waals surface area contributed by atoms with E-state index < -0.39 is 11.9 Å². The zero-order valence-electron chi connectivity index (χ0n) is 8.84. The number of carbonyl (C=O) groups excluding carboxylic acids is 1. The molecule has 0 atom stereocenters. The summed E-state index contributed by atoms with van der Waals surface area (Å²) in [7, 11) is 0. The van der Waals surface area contributed by atoms with Gasteiger partial charge in [-0.3, -0.25) is 9.59 Å². The Balaban J connectivity index is 1.95. The maximum absolute atomic E-state index is 11.3. The van der Waals surface area contributed by atoms with Crippen LogP contribution in [0.4, 0.5) is 0 Å². The van der Waals surface area contributed by atoms with Crippen molar-refractivity contribution in [3.63, 3.8) is 0 Å². The SMILES string of the molecule is O=C(O)CCC(=O)Oc1ccc2c(c1)OCO2. The molecular weight excluding hydrogens is 228 g/mol. The molecule has 0 unspecified atom stereocenters. The van der Waals surface area contributed by atoms with Crippen molar-refractivity contribution in [2.24, 2.45) is 0 Å². The van der Waals surface area contributed by atoms with Crippen LogP contribution in [0.1, 0.15) is 12.8 Å². The van der Waals surface area contributed by atoms with Crippen LogP contribution in [0.15, 0.2) is 18.2 Å². The van der Waals surface area contributed by atoms with E-state index in [4.69, 9.17) is 19.3 Å². The Kier molecular flexibility index (Phi) is 3.13. The van der Waals surface area contributed by atoms with Gasteiger partial charge in [0.25, 0.3) is 0 Å². The van der Waals surface area contributed by atoms with E-state index in [0.717, 1.165) is 0 Å². The second-order valence-electron chi connectivity index (χ2n) is 3.38. The third-order valence-corrected chi connectivity index (χ3v) is 2.12. The van der Waals surface area contributed by atoms with Gasteiger partial charge in [0.2, 0.25) is 6.79 Å². The smallest absolute Gasteiger partial charge is 0.311 e. The number of hydrogen-bond donors (Lipinski definition) is 1. The lowest BCUT2D eigenvalue weighted by Gasteiger charge is -2.04. The first kappa shape index (κ1) is 11.3. The van der Waals surface area contributed by atoms with Gasteiger partial charge in [-0.15, -0.1) is 0 Å². The summed E-state index contributed by atoms with van der Waals surface area (Å²) in [6, 6.07) is 4.72. The molecule has 2 rings (SSSR count). The normalized spacial score (nSPS) is 12.2. The number of benzene rings is 1. The molecule has 6 heteroatoms. The first-order valence-corrected chi connectivity index (χ1v) is 4.97. The molecule has 0 saturated heterocycles. The minimum Gasteiger partial charge on any atom is -0.481 e. The first-order valence-electron chi connectivity index (χ1n) is 4.97. The summed E-state index contributed by atoms with van der Waals surface area (Å²) < 4.78 is 15.2. The van der Waals surface area contributed by atoms with Gasteiger partial charge in [-0.2, -0.15) is 0 Å². The molecule has 0 aromatic heterocycles. The van der Waals surface area contributed by atoms with Crippen LogP contribution >= 0.6 is 0 Å². The van der Waals surface area contributed by atoms with E-state index in [2.05, 4.69) is 0 Å². The zero-order chi connectivity index (χ0) is 12.3. The van der Waals surface area contributed by atoms with Gasteiger partial charge in [0.1, 0.15) is 5.75 Å². The van der Waals surface area contributed by atoms with Gasteiger partial charge >= 0.3 is 11.9 Å². The fourth-order valence-electron chi connectivity index (χ4n) is 1.33. The molecule has 6 nitrogen and oxygen atoms in total. The fourth-order valence-corrected chi connectivity index (χ4v) is 1.33. The average Bonchev–Trinajstić information content (AvgIpc) is 2.73. The van der Waals surface area contributed by atoms with Crippen LogP contribution in [0.2, 0.25) is 0 Å². The fraction of sp³-hybridized carbons (Fsp3) is 0.273. The number of carbonyl (C=O) groups is 2. The van der Waals surface area contributed by atoms with Crippen molar-refractivity contribution in [3.8, 4) is 17.2 Å². The summed E-state index contributed by atoms with van der Waals surface area (Å²) in [5.41, 5.74) is 0. The summed E-state index contributed by atoms with van der Waals surface area (Å²) >= 11 is 0. The van der Waals surface area contributed by atoms with Crippen LogP contribution in [-0.2, 0) is 9.59 Å². The molecule has 1 N–H and O–H groups in total. The largest absolute Gasteiger partial charge is 0.481 e. The molecule has 1 aliphatic heterocycles. The summed E-state index contributed by atoms with van der Waals surface area (Å²) in [4.78, 5) is 21.5. The quantitative estimate of drug-likeness (QED) is 0.626. The number of aliphatic carboxylic acids is 1. The van der Waals surface area contributed by atoms with Gasteiger partial charge in [-0.05, 0) is 12.1 Å². The third kappa shape index (κ3) is 2.87. The van der Waals surface area contributed by atoms with E-state index in [9.17, 15) is 9.59 Å².